The van der Waals surface area contributed by atoms with Crippen molar-refractivity contribution in [3.05, 3.63) is 59.7 Å². The smallest absolute Gasteiger partial charge is 0.269 e. The fourth-order valence-corrected chi connectivity index (χ4v) is 7.20. The van der Waals surface area contributed by atoms with Crippen molar-refractivity contribution in [1.29, 1.82) is 0 Å². The number of carbonyl (C=O) groups excluding carboxylic acids is 3. The fourth-order valence-electron chi connectivity index (χ4n) is 5.68. The van der Waals surface area contributed by atoms with Gasteiger partial charge in [-0.1, -0.05) is 30.3 Å². The van der Waals surface area contributed by atoms with Gasteiger partial charge in [0.15, 0.2) is 5.60 Å². The molecule has 0 saturated carbocycles. The number of hydrogen-bond acceptors (Lipinski definition) is 7. The van der Waals surface area contributed by atoms with Crippen LogP contribution in [0.15, 0.2) is 53.4 Å². The van der Waals surface area contributed by atoms with E-state index in [9.17, 15) is 22.8 Å². The number of fused-ring (bicyclic) bond motifs is 2. The molecule has 2 aromatic rings. The molecule has 3 aliphatic heterocycles. The van der Waals surface area contributed by atoms with Crippen LogP contribution in [-0.2, 0) is 30.8 Å². The summed E-state index contributed by atoms with van der Waals surface area (Å²) in [4.78, 5) is 43.5. The highest BCUT2D eigenvalue weighted by molar-refractivity contribution is 7.90. The Kier molecular flexibility index (Phi) is 7.87. The summed E-state index contributed by atoms with van der Waals surface area (Å²) >= 11 is 0. The molecule has 1 unspecified atom stereocenters. The summed E-state index contributed by atoms with van der Waals surface area (Å²) in [6.07, 6.45) is 2.68. The second kappa shape index (κ2) is 11.2. The minimum Gasteiger partial charge on any atom is -0.491 e. The Hall–Kier alpha value is -3.44. The lowest BCUT2D eigenvalue weighted by Gasteiger charge is -2.45. The average molecular weight is 570 g/mol. The van der Waals surface area contributed by atoms with E-state index < -0.39 is 34.0 Å². The normalized spacial score (nSPS) is 23.3. The summed E-state index contributed by atoms with van der Waals surface area (Å²) < 4.78 is 38.9. The highest BCUT2D eigenvalue weighted by Gasteiger charge is 2.48. The van der Waals surface area contributed by atoms with Crippen LogP contribution in [0.5, 0.6) is 5.75 Å². The monoisotopic (exact) mass is 569 g/mol. The van der Waals surface area contributed by atoms with Crippen LogP contribution in [0.2, 0.25) is 0 Å². The Morgan fingerprint density at radius 3 is 2.52 bits per heavy atom. The summed E-state index contributed by atoms with van der Waals surface area (Å²) in [5.41, 5.74) is -0.105. The first-order valence-corrected chi connectivity index (χ1v) is 15.2. The van der Waals surface area contributed by atoms with Crippen LogP contribution in [0, 0.1) is 0 Å². The summed E-state index contributed by atoms with van der Waals surface area (Å²) in [7, 11) is -4.13. The van der Waals surface area contributed by atoms with Crippen LogP contribution in [0.25, 0.3) is 0 Å². The van der Waals surface area contributed by atoms with Crippen LogP contribution in [-0.4, -0.2) is 91.3 Å². The van der Waals surface area contributed by atoms with Crippen molar-refractivity contribution in [3.8, 4) is 5.75 Å². The molecule has 40 heavy (non-hydrogen) atoms. The van der Waals surface area contributed by atoms with E-state index in [1.54, 1.807) is 17.0 Å². The topological polar surface area (TPSA) is 114 Å². The maximum atomic E-state index is 14.1. The minimum atomic E-state index is -4.13. The van der Waals surface area contributed by atoms with E-state index in [-0.39, 0.29) is 42.1 Å². The third-order valence-corrected chi connectivity index (χ3v) is 9.63. The van der Waals surface area contributed by atoms with Crippen molar-refractivity contribution in [2.45, 2.75) is 56.1 Å². The molecule has 2 aromatic carbocycles. The zero-order valence-electron chi connectivity index (χ0n) is 22.9. The van der Waals surface area contributed by atoms with E-state index in [0.29, 0.717) is 30.3 Å². The number of rotatable bonds is 3. The second-order valence-electron chi connectivity index (χ2n) is 10.7. The van der Waals surface area contributed by atoms with Crippen LogP contribution in [0.3, 0.4) is 0 Å². The van der Waals surface area contributed by atoms with Crippen molar-refractivity contribution >= 4 is 27.7 Å². The van der Waals surface area contributed by atoms with Crippen molar-refractivity contribution in [2.75, 3.05) is 39.4 Å². The van der Waals surface area contributed by atoms with Gasteiger partial charge < -0.3 is 19.3 Å². The van der Waals surface area contributed by atoms with Crippen molar-refractivity contribution in [1.82, 2.24) is 14.1 Å². The second-order valence-corrected chi connectivity index (χ2v) is 12.6. The van der Waals surface area contributed by atoms with Gasteiger partial charge in [-0.3, -0.25) is 14.4 Å². The van der Waals surface area contributed by atoms with Crippen LogP contribution >= 0.6 is 0 Å². The Morgan fingerprint density at radius 1 is 1.00 bits per heavy atom. The van der Waals surface area contributed by atoms with Crippen molar-refractivity contribution < 1.29 is 32.3 Å². The first-order valence-electron chi connectivity index (χ1n) is 13.7. The van der Waals surface area contributed by atoms with Gasteiger partial charge >= 0.3 is 0 Å². The molecule has 10 nitrogen and oxygen atoms in total. The number of sulfonamides is 1. The molecule has 214 valence electrons. The molecule has 1 spiro atoms. The molecule has 1 saturated heterocycles. The Bertz CT molecular complexity index is 1410. The SMILES string of the molecule is CC(C)N1CCOc2ccccc2CCCCC2(CN(C(=O)CN3C(=O)c4ccccc4S3(=O)=O)CCO2)C1=O. The molecule has 0 aromatic heterocycles. The van der Waals surface area contributed by atoms with Gasteiger partial charge in [0.25, 0.3) is 21.8 Å². The van der Waals surface area contributed by atoms with Gasteiger partial charge in [0.2, 0.25) is 5.91 Å². The summed E-state index contributed by atoms with van der Waals surface area (Å²) in [6, 6.07) is 13.7. The van der Waals surface area contributed by atoms with Gasteiger partial charge in [-0.15, -0.1) is 0 Å². The van der Waals surface area contributed by atoms with Gasteiger partial charge in [0.1, 0.15) is 23.8 Å². The molecular weight excluding hydrogens is 534 g/mol. The number of amides is 3. The number of aryl methyl sites for hydroxylation is 1. The molecule has 1 fully saturated rings. The number of hydrogen-bond donors (Lipinski definition) is 0. The maximum Gasteiger partial charge on any atom is 0.269 e. The van der Waals surface area contributed by atoms with E-state index in [0.717, 1.165) is 24.2 Å². The molecule has 0 bridgehead atoms. The zero-order chi connectivity index (χ0) is 28.5. The van der Waals surface area contributed by atoms with Crippen LogP contribution in [0.4, 0.5) is 0 Å². The molecule has 11 heteroatoms. The molecule has 3 heterocycles. The van der Waals surface area contributed by atoms with E-state index in [4.69, 9.17) is 9.47 Å². The number of para-hydroxylation sites is 1. The number of carbonyl (C=O) groups is 3. The first-order chi connectivity index (χ1) is 19.1. The summed E-state index contributed by atoms with van der Waals surface area (Å²) in [5, 5.41) is 0. The molecular formula is C29H35N3O7S. The number of benzene rings is 2. The fraction of sp³-hybridized carbons (Fsp3) is 0.483. The largest absolute Gasteiger partial charge is 0.491 e. The Morgan fingerprint density at radius 2 is 1.75 bits per heavy atom. The number of nitrogens with zero attached hydrogens (tertiary/aromatic N) is 3. The maximum absolute atomic E-state index is 14.1. The van der Waals surface area contributed by atoms with Crippen LogP contribution in [0.1, 0.15) is 49.0 Å². The highest BCUT2D eigenvalue weighted by atomic mass is 32.2. The quantitative estimate of drug-likeness (QED) is 0.558. The van der Waals surface area contributed by atoms with Gasteiger partial charge in [-0.2, -0.15) is 0 Å². The summed E-state index contributed by atoms with van der Waals surface area (Å²) in [6.45, 7) is 4.21. The van der Waals surface area contributed by atoms with Gasteiger partial charge in [-0.05, 0) is 63.3 Å². The molecule has 0 aliphatic carbocycles. The Labute approximate surface area is 234 Å². The predicted octanol–water partition coefficient (Wildman–Crippen LogP) is 2.47. The highest BCUT2D eigenvalue weighted by Crippen LogP contribution is 2.32. The minimum absolute atomic E-state index is 0.0135. The average Bonchev–Trinajstić information content (AvgIpc) is 3.13. The van der Waals surface area contributed by atoms with E-state index in [1.165, 1.54) is 17.0 Å². The van der Waals surface area contributed by atoms with E-state index >= 15 is 0 Å². The van der Waals surface area contributed by atoms with Gasteiger partial charge in [-0.25, -0.2) is 12.7 Å². The molecule has 0 radical (unpaired) electrons. The van der Waals surface area contributed by atoms with Crippen LogP contribution < -0.4 is 4.74 Å². The third kappa shape index (κ3) is 5.19. The van der Waals surface area contributed by atoms with Gasteiger partial charge in [0.05, 0.1) is 25.3 Å². The first kappa shape index (κ1) is 28.1. The number of morpholine rings is 1. The molecule has 1 atom stereocenters. The lowest BCUT2D eigenvalue weighted by atomic mass is 9.90. The van der Waals surface area contributed by atoms with E-state index in [2.05, 4.69) is 0 Å². The standard InChI is InChI=1S/C29H35N3O7S/c1-21(2)31-16-17-38-24-12-5-3-9-22(24)10-7-8-14-29(28(31)35)20-30(15-18-39-29)26(33)19-32-27(34)23-11-4-6-13-25(23)40(32,36)37/h3-6,9,11-13,21H,7-8,10,14-20H2,1-2H3. The van der Waals surface area contributed by atoms with Crippen molar-refractivity contribution in [3.63, 3.8) is 0 Å². The summed E-state index contributed by atoms with van der Waals surface area (Å²) in [5.74, 6) is -0.650. The van der Waals surface area contributed by atoms with Crippen molar-refractivity contribution in [2.24, 2.45) is 0 Å². The Balaban J connectivity index is 1.37. The van der Waals surface area contributed by atoms with Gasteiger partial charge in [0, 0.05) is 12.6 Å². The lowest BCUT2D eigenvalue weighted by Crippen LogP contribution is -2.63. The molecule has 5 rings (SSSR count). The third-order valence-electron chi connectivity index (χ3n) is 7.84. The lowest BCUT2D eigenvalue weighted by molar-refractivity contribution is -0.178. The molecule has 3 amide bonds. The van der Waals surface area contributed by atoms with E-state index in [1.807, 2.05) is 38.1 Å². The molecule has 3 aliphatic rings. The molecule has 0 N–H and O–H groups in total. The predicted molar refractivity (Wildman–Crippen MR) is 146 cm³/mol. The zero-order valence-corrected chi connectivity index (χ0v) is 23.7. The number of ether oxygens (including phenoxy) is 2.